The average Bonchev–Trinajstić information content (AvgIpc) is 2.32. The Morgan fingerprint density at radius 1 is 1.69 bits per heavy atom. The lowest BCUT2D eigenvalue weighted by molar-refractivity contribution is -0.196. The molecule has 1 saturated heterocycles. The number of hydroxylamine groups is 2. The molecule has 1 atom stereocenters. The van der Waals surface area contributed by atoms with Crippen molar-refractivity contribution in [2.45, 2.75) is 12.5 Å². The summed E-state index contributed by atoms with van der Waals surface area (Å²) in [6.07, 6.45) is -1.73. The Bertz CT molecular complexity index is 266. The highest BCUT2D eigenvalue weighted by Crippen LogP contribution is 2.13. The molecule has 6 nitrogen and oxygen atoms in total. The van der Waals surface area contributed by atoms with E-state index in [1.165, 1.54) is 0 Å². The maximum Gasteiger partial charge on any atom is 0.343 e. The predicted octanol–water partition coefficient (Wildman–Crippen LogP) is -1.04. The number of hydrogen-bond acceptors (Lipinski definition) is 5. The van der Waals surface area contributed by atoms with E-state index in [0.717, 1.165) is 0 Å². The third kappa shape index (κ3) is 2.04. The normalized spacial score (nSPS) is 22.3. The van der Waals surface area contributed by atoms with Gasteiger partial charge in [0.05, 0.1) is 6.42 Å². The van der Waals surface area contributed by atoms with Gasteiger partial charge in [0.2, 0.25) is 0 Å². The average molecular weight is 252 g/mol. The summed E-state index contributed by atoms with van der Waals surface area (Å²) in [5, 5.41) is 9.07. The first-order valence-electron chi connectivity index (χ1n) is 3.38. The van der Waals surface area contributed by atoms with E-state index in [2.05, 4.69) is 20.8 Å². The van der Waals surface area contributed by atoms with E-state index in [1.807, 2.05) is 0 Å². The molecule has 1 heterocycles. The monoisotopic (exact) mass is 251 g/mol. The standard InChI is InChI=1S/C6H6BrNO5/c7-2-5(11)13-8-4(10)1-3(9)6(8)12/h3,9H,1-2H2. The third-order valence-electron chi connectivity index (χ3n) is 1.38. The molecule has 1 unspecified atom stereocenters. The molecule has 0 bridgehead atoms. The molecule has 0 spiro atoms. The van der Waals surface area contributed by atoms with Gasteiger partial charge >= 0.3 is 5.97 Å². The van der Waals surface area contributed by atoms with Crippen LogP contribution in [-0.2, 0) is 19.2 Å². The van der Waals surface area contributed by atoms with Gasteiger partial charge in [-0.05, 0) is 0 Å². The molecule has 0 aromatic rings. The number of halogens is 1. The lowest BCUT2D eigenvalue weighted by Crippen LogP contribution is -2.34. The molecule has 1 aliphatic rings. The van der Waals surface area contributed by atoms with Gasteiger partial charge in [0, 0.05) is 0 Å². The number of aliphatic hydroxyl groups is 1. The Kier molecular flexibility index (Phi) is 2.99. The van der Waals surface area contributed by atoms with Crippen LogP contribution in [0.25, 0.3) is 0 Å². The van der Waals surface area contributed by atoms with Crippen molar-refractivity contribution in [2.75, 3.05) is 5.33 Å². The summed E-state index contributed by atoms with van der Waals surface area (Å²) in [6.45, 7) is 0. The first-order chi connectivity index (χ1) is 6.06. The van der Waals surface area contributed by atoms with Crippen LogP contribution < -0.4 is 0 Å². The molecule has 1 fully saturated rings. The van der Waals surface area contributed by atoms with Crippen molar-refractivity contribution in [2.24, 2.45) is 0 Å². The van der Waals surface area contributed by atoms with Crippen LogP contribution in [0.3, 0.4) is 0 Å². The molecular weight excluding hydrogens is 246 g/mol. The zero-order valence-corrected chi connectivity index (χ0v) is 7.98. The van der Waals surface area contributed by atoms with Gasteiger partial charge in [0.25, 0.3) is 11.8 Å². The lowest BCUT2D eigenvalue weighted by Gasteiger charge is -2.11. The Hall–Kier alpha value is -0.950. The molecule has 13 heavy (non-hydrogen) atoms. The van der Waals surface area contributed by atoms with E-state index in [9.17, 15) is 14.4 Å². The third-order valence-corrected chi connectivity index (χ3v) is 1.84. The molecule has 0 radical (unpaired) electrons. The molecule has 1 rings (SSSR count). The summed E-state index contributed by atoms with van der Waals surface area (Å²) in [6, 6.07) is 0. The van der Waals surface area contributed by atoms with E-state index < -0.39 is 23.9 Å². The molecule has 2 amide bonds. The van der Waals surface area contributed by atoms with E-state index in [0.29, 0.717) is 0 Å². The number of hydrogen-bond donors (Lipinski definition) is 1. The zero-order chi connectivity index (χ0) is 10.0. The van der Waals surface area contributed by atoms with Crippen LogP contribution in [0.4, 0.5) is 0 Å². The highest BCUT2D eigenvalue weighted by Gasteiger charge is 2.40. The van der Waals surface area contributed by atoms with Gasteiger partial charge in [-0.3, -0.25) is 9.59 Å². The predicted molar refractivity (Wildman–Crippen MR) is 42.4 cm³/mol. The van der Waals surface area contributed by atoms with E-state index in [1.54, 1.807) is 0 Å². The van der Waals surface area contributed by atoms with Gasteiger partial charge in [-0.25, -0.2) is 4.79 Å². The second-order valence-electron chi connectivity index (χ2n) is 2.34. The Morgan fingerprint density at radius 3 is 2.69 bits per heavy atom. The largest absolute Gasteiger partial charge is 0.383 e. The fraction of sp³-hybridized carbons (Fsp3) is 0.500. The number of aliphatic hydroxyl groups excluding tert-OH is 1. The molecule has 0 aromatic carbocycles. The van der Waals surface area contributed by atoms with Gasteiger partial charge in [-0.1, -0.05) is 21.0 Å². The summed E-state index contributed by atoms with van der Waals surface area (Å²) >= 11 is 2.79. The van der Waals surface area contributed by atoms with Gasteiger partial charge < -0.3 is 9.94 Å². The minimum absolute atomic E-state index is 0.125. The van der Waals surface area contributed by atoms with Gasteiger partial charge in [-0.2, -0.15) is 0 Å². The maximum absolute atomic E-state index is 10.9. The first kappa shape index (κ1) is 10.1. The molecule has 72 valence electrons. The summed E-state index contributed by atoms with van der Waals surface area (Å²) in [7, 11) is 0. The minimum Gasteiger partial charge on any atom is -0.383 e. The van der Waals surface area contributed by atoms with Crippen molar-refractivity contribution in [1.82, 2.24) is 5.06 Å². The zero-order valence-electron chi connectivity index (χ0n) is 6.40. The number of amides is 2. The Morgan fingerprint density at radius 2 is 2.31 bits per heavy atom. The molecular formula is C6H6BrNO5. The Labute approximate surface area is 81.5 Å². The fourth-order valence-electron chi connectivity index (χ4n) is 0.816. The highest BCUT2D eigenvalue weighted by molar-refractivity contribution is 9.09. The molecule has 0 saturated carbocycles. The van der Waals surface area contributed by atoms with E-state index >= 15 is 0 Å². The molecule has 1 aliphatic heterocycles. The van der Waals surface area contributed by atoms with Crippen LogP contribution >= 0.6 is 15.9 Å². The molecule has 0 aliphatic carbocycles. The smallest absolute Gasteiger partial charge is 0.343 e. The van der Waals surface area contributed by atoms with Crippen LogP contribution in [0.1, 0.15) is 6.42 Å². The molecule has 0 aromatic heterocycles. The highest BCUT2D eigenvalue weighted by atomic mass is 79.9. The van der Waals surface area contributed by atoms with Crippen LogP contribution in [-0.4, -0.2) is 39.4 Å². The lowest BCUT2D eigenvalue weighted by atomic mass is 10.3. The second kappa shape index (κ2) is 3.84. The van der Waals surface area contributed by atoms with Crippen molar-refractivity contribution in [1.29, 1.82) is 0 Å². The number of alkyl halides is 1. The fourth-order valence-corrected chi connectivity index (χ4v) is 0.918. The molecule has 7 heteroatoms. The summed E-state index contributed by atoms with van der Waals surface area (Å²) in [4.78, 5) is 36.8. The minimum atomic E-state index is -1.39. The quantitative estimate of drug-likeness (QED) is 0.501. The van der Waals surface area contributed by atoms with Crippen molar-refractivity contribution in [3.63, 3.8) is 0 Å². The van der Waals surface area contributed by atoms with Crippen molar-refractivity contribution >= 4 is 33.7 Å². The molecule has 1 N–H and O–H groups in total. The van der Waals surface area contributed by atoms with Gasteiger partial charge in [0.1, 0.15) is 11.4 Å². The summed E-state index contributed by atoms with van der Waals surface area (Å²) in [5.41, 5.74) is 0. The van der Waals surface area contributed by atoms with Crippen LogP contribution in [0, 0.1) is 0 Å². The topological polar surface area (TPSA) is 83.9 Å². The number of carbonyl (C=O) groups is 3. The van der Waals surface area contributed by atoms with Gasteiger partial charge in [-0.15, -0.1) is 0 Å². The summed E-state index contributed by atoms with van der Waals surface area (Å²) < 4.78 is 0. The SMILES string of the molecule is O=C(CBr)ON1C(=O)CC(O)C1=O. The van der Waals surface area contributed by atoms with Crippen LogP contribution in [0.5, 0.6) is 0 Å². The van der Waals surface area contributed by atoms with Gasteiger partial charge in [0.15, 0.2) is 0 Å². The van der Waals surface area contributed by atoms with Crippen molar-refractivity contribution in [3.05, 3.63) is 0 Å². The first-order valence-corrected chi connectivity index (χ1v) is 4.50. The number of carbonyl (C=O) groups excluding carboxylic acids is 3. The van der Waals surface area contributed by atoms with E-state index in [-0.39, 0.29) is 16.8 Å². The van der Waals surface area contributed by atoms with E-state index in [4.69, 9.17) is 5.11 Å². The second-order valence-corrected chi connectivity index (χ2v) is 2.90. The number of imide groups is 1. The Balaban J connectivity index is 2.64. The number of rotatable bonds is 2. The van der Waals surface area contributed by atoms with Crippen molar-refractivity contribution in [3.8, 4) is 0 Å². The maximum atomic E-state index is 10.9. The van der Waals surface area contributed by atoms with Crippen LogP contribution in [0.2, 0.25) is 0 Å². The van der Waals surface area contributed by atoms with Crippen molar-refractivity contribution < 1.29 is 24.3 Å². The summed E-state index contributed by atoms with van der Waals surface area (Å²) in [5.74, 6) is -2.39. The number of nitrogens with zero attached hydrogens (tertiary/aromatic N) is 1. The van der Waals surface area contributed by atoms with Crippen LogP contribution in [0.15, 0.2) is 0 Å².